The van der Waals surface area contributed by atoms with Gasteiger partial charge >= 0.3 is 5.97 Å². The van der Waals surface area contributed by atoms with Gasteiger partial charge in [-0.2, -0.15) is 0 Å². The second kappa shape index (κ2) is 3.76. The number of rotatable bonds is 1. The van der Waals surface area contributed by atoms with Crippen molar-refractivity contribution in [1.82, 2.24) is 5.32 Å². The van der Waals surface area contributed by atoms with Crippen molar-refractivity contribution in [3.63, 3.8) is 0 Å². The van der Waals surface area contributed by atoms with E-state index in [-0.39, 0.29) is 12.1 Å². The Bertz CT molecular complexity index is 265. The molecule has 3 atom stereocenters. The molecule has 4 heteroatoms. The second-order valence-electron chi connectivity index (χ2n) is 5.44. The lowest BCUT2D eigenvalue weighted by atomic mass is 9.73. The van der Waals surface area contributed by atoms with E-state index < -0.39 is 12.0 Å². The van der Waals surface area contributed by atoms with Crippen molar-refractivity contribution in [2.45, 2.75) is 51.3 Å². The van der Waals surface area contributed by atoms with Crippen LogP contribution >= 0.6 is 0 Å². The number of nitrogens with one attached hydrogen (secondary N) is 1. The number of carboxylic acids is 1. The van der Waals surface area contributed by atoms with Crippen molar-refractivity contribution in [1.29, 1.82) is 0 Å². The minimum Gasteiger partial charge on any atom is -0.480 e. The molecule has 2 N–H and O–H groups in total. The number of hydrogen-bond acceptors (Lipinski definition) is 3. The molecule has 1 aliphatic heterocycles. The summed E-state index contributed by atoms with van der Waals surface area (Å²) in [7, 11) is 0. The molecule has 0 bridgehead atoms. The van der Waals surface area contributed by atoms with Crippen molar-refractivity contribution in [2.24, 2.45) is 5.41 Å². The lowest BCUT2D eigenvalue weighted by molar-refractivity contribution is -0.148. The molecular weight excluding hydrogens is 194 g/mol. The summed E-state index contributed by atoms with van der Waals surface area (Å²) in [5.41, 5.74) is 0.303. The fraction of sp³-hybridized carbons (Fsp3) is 0.909. The molecule has 1 saturated heterocycles. The highest BCUT2D eigenvalue weighted by Crippen LogP contribution is 2.37. The summed E-state index contributed by atoms with van der Waals surface area (Å²) in [5.74, 6) is -0.808. The number of fused-ring (bicyclic) bond motifs is 1. The molecule has 1 heterocycles. The van der Waals surface area contributed by atoms with Crippen LogP contribution in [0.4, 0.5) is 0 Å². The van der Waals surface area contributed by atoms with Gasteiger partial charge in [-0.3, -0.25) is 10.1 Å². The summed E-state index contributed by atoms with van der Waals surface area (Å²) in [5, 5.41) is 12.1. The van der Waals surface area contributed by atoms with Gasteiger partial charge in [-0.15, -0.1) is 0 Å². The van der Waals surface area contributed by atoms with E-state index in [1.165, 1.54) is 0 Å². The lowest BCUT2D eigenvalue weighted by Gasteiger charge is -2.45. The Morgan fingerprint density at radius 1 is 1.53 bits per heavy atom. The summed E-state index contributed by atoms with van der Waals surface area (Å²) < 4.78 is 5.61. The molecule has 3 unspecified atom stereocenters. The molecule has 0 aromatic heterocycles. The van der Waals surface area contributed by atoms with Gasteiger partial charge in [0.2, 0.25) is 0 Å². The van der Waals surface area contributed by atoms with Crippen LogP contribution < -0.4 is 5.32 Å². The van der Waals surface area contributed by atoms with E-state index in [9.17, 15) is 4.79 Å². The Balaban J connectivity index is 2.01. The van der Waals surface area contributed by atoms with Crippen LogP contribution in [0.5, 0.6) is 0 Å². The molecule has 0 radical (unpaired) electrons. The van der Waals surface area contributed by atoms with Gasteiger partial charge in [-0.05, 0) is 24.7 Å². The van der Waals surface area contributed by atoms with Crippen molar-refractivity contribution in [2.75, 3.05) is 6.61 Å². The third kappa shape index (κ3) is 2.32. The van der Waals surface area contributed by atoms with Gasteiger partial charge in [-0.25, -0.2) is 0 Å². The highest BCUT2D eigenvalue weighted by Gasteiger charge is 2.40. The van der Waals surface area contributed by atoms with Gasteiger partial charge in [0, 0.05) is 6.04 Å². The molecule has 0 amide bonds. The first-order valence-electron chi connectivity index (χ1n) is 5.58. The molecule has 86 valence electrons. The van der Waals surface area contributed by atoms with Crippen LogP contribution in [0.3, 0.4) is 0 Å². The largest absolute Gasteiger partial charge is 0.480 e. The monoisotopic (exact) mass is 213 g/mol. The van der Waals surface area contributed by atoms with Crippen molar-refractivity contribution >= 4 is 5.97 Å². The number of carboxylic acid groups (broad SMARTS) is 1. The van der Waals surface area contributed by atoms with Crippen LogP contribution in [0.1, 0.15) is 33.1 Å². The highest BCUT2D eigenvalue weighted by molar-refractivity contribution is 5.73. The number of carbonyl (C=O) groups is 1. The fourth-order valence-corrected chi connectivity index (χ4v) is 2.60. The Morgan fingerprint density at radius 2 is 2.27 bits per heavy atom. The molecule has 4 nitrogen and oxygen atoms in total. The predicted molar refractivity (Wildman–Crippen MR) is 55.7 cm³/mol. The molecule has 0 spiro atoms. The quantitative estimate of drug-likeness (QED) is 0.682. The minimum absolute atomic E-state index is 0.212. The summed E-state index contributed by atoms with van der Waals surface area (Å²) in [4.78, 5) is 10.8. The number of aliphatic carboxylic acids is 1. The van der Waals surface area contributed by atoms with E-state index in [0.29, 0.717) is 12.0 Å². The Labute approximate surface area is 90.0 Å². The van der Waals surface area contributed by atoms with Gasteiger partial charge in [-0.1, -0.05) is 13.8 Å². The van der Waals surface area contributed by atoms with Crippen LogP contribution in [0.25, 0.3) is 0 Å². The molecule has 15 heavy (non-hydrogen) atoms. The molecule has 1 saturated carbocycles. The lowest BCUT2D eigenvalue weighted by Crippen LogP contribution is -2.59. The summed E-state index contributed by atoms with van der Waals surface area (Å²) >= 11 is 0. The van der Waals surface area contributed by atoms with Crippen LogP contribution in [-0.2, 0) is 9.53 Å². The first-order chi connectivity index (χ1) is 6.98. The van der Waals surface area contributed by atoms with Gasteiger partial charge < -0.3 is 9.84 Å². The van der Waals surface area contributed by atoms with E-state index in [1.807, 2.05) is 0 Å². The number of hydrogen-bond donors (Lipinski definition) is 2. The van der Waals surface area contributed by atoms with Crippen molar-refractivity contribution in [3.8, 4) is 0 Å². The zero-order valence-corrected chi connectivity index (χ0v) is 9.32. The SMILES string of the molecule is CC1(C)CCC2OCC(C(=O)O)NC2C1. The van der Waals surface area contributed by atoms with Gasteiger partial charge in [0.25, 0.3) is 0 Å². The van der Waals surface area contributed by atoms with E-state index in [0.717, 1.165) is 19.3 Å². The molecule has 2 rings (SSSR count). The van der Waals surface area contributed by atoms with Crippen LogP contribution in [0, 0.1) is 5.41 Å². The Kier molecular flexibility index (Phi) is 2.73. The van der Waals surface area contributed by atoms with Crippen LogP contribution in [-0.4, -0.2) is 35.9 Å². The molecule has 2 aliphatic rings. The normalized spacial score (nSPS) is 39.5. The van der Waals surface area contributed by atoms with Crippen molar-refractivity contribution < 1.29 is 14.6 Å². The maximum absolute atomic E-state index is 10.8. The smallest absolute Gasteiger partial charge is 0.323 e. The van der Waals surface area contributed by atoms with E-state index in [4.69, 9.17) is 9.84 Å². The molecular formula is C11H19NO3. The zero-order chi connectivity index (χ0) is 11.1. The van der Waals surface area contributed by atoms with Crippen molar-refractivity contribution in [3.05, 3.63) is 0 Å². The highest BCUT2D eigenvalue weighted by atomic mass is 16.5. The van der Waals surface area contributed by atoms with Gasteiger partial charge in [0.1, 0.15) is 6.04 Å². The van der Waals surface area contributed by atoms with Gasteiger partial charge in [0.05, 0.1) is 12.7 Å². The molecule has 1 aliphatic carbocycles. The fourth-order valence-electron chi connectivity index (χ4n) is 2.60. The summed E-state index contributed by atoms with van der Waals surface area (Å²) in [6.07, 6.45) is 3.42. The van der Waals surface area contributed by atoms with E-state index in [1.54, 1.807) is 0 Å². The topological polar surface area (TPSA) is 58.6 Å². The Hall–Kier alpha value is -0.610. The first kappa shape index (κ1) is 10.9. The first-order valence-corrected chi connectivity index (χ1v) is 5.58. The molecule has 2 fully saturated rings. The van der Waals surface area contributed by atoms with E-state index >= 15 is 0 Å². The number of morpholine rings is 1. The third-order valence-electron chi connectivity index (χ3n) is 3.52. The van der Waals surface area contributed by atoms with E-state index in [2.05, 4.69) is 19.2 Å². The van der Waals surface area contributed by atoms with Crippen LogP contribution in [0.2, 0.25) is 0 Å². The standard InChI is InChI=1S/C11H19NO3/c1-11(2)4-3-9-7(5-11)12-8(6-15-9)10(13)14/h7-9,12H,3-6H2,1-2H3,(H,13,14). The summed E-state index contributed by atoms with van der Waals surface area (Å²) in [6, 6.07) is -0.316. The zero-order valence-electron chi connectivity index (χ0n) is 9.32. The maximum atomic E-state index is 10.8. The Morgan fingerprint density at radius 3 is 2.93 bits per heavy atom. The summed E-state index contributed by atoms with van der Waals surface area (Å²) in [6.45, 7) is 4.77. The molecule has 0 aromatic carbocycles. The van der Waals surface area contributed by atoms with Crippen LogP contribution in [0.15, 0.2) is 0 Å². The van der Waals surface area contributed by atoms with Gasteiger partial charge in [0.15, 0.2) is 0 Å². The molecule has 0 aromatic rings. The average molecular weight is 213 g/mol. The minimum atomic E-state index is -0.808. The second-order valence-corrected chi connectivity index (χ2v) is 5.44. The number of ether oxygens (including phenoxy) is 1. The predicted octanol–water partition coefficient (Wildman–Crippen LogP) is 1.01. The maximum Gasteiger partial charge on any atom is 0.323 e. The third-order valence-corrected chi connectivity index (χ3v) is 3.52. The average Bonchev–Trinajstić information content (AvgIpc) is 2.15.